The minimum Gasteiger partial charge on any atom is -0.386 e. The summed E-state index contributed by atoms with van der Waals surface area (Å²) in [7, 11) is 0. The summed E-state index contributed by atoms with van der Waals surface area (Å²) in [5.74, 6) is -1.27. The van der Waals surface area contributed by atoms with E-state index in [1.165, 1.54) is 12.1 Å². The fourth-order valence-electron chi connectivity index (χ4n) is 1.20. The lowest BCUT2D eigenvalue weighted by atomic mass is 10.1. The molecule has 1 aliphatic heterocycles. The van der Waals surface area contributed by atoms with Crippen molar-refractivity contribution in [3.8, 4) is 0 Å². The molecule has 0 radical (unpaired) electrons. The van der Waals surface area contributed by atoms with E-state index in [1.54, 1.807) is 6.07 Å². The summed E-state index contributed by atoms with van der Waals surface area (Å²) in [5.41, 5.74) is 0.963. The van der Waals surface area contributed by atoms with E-state index in [4.69, 9.17) is 0 Å². The quantitative estimate of drug-likeness (QED) is 0.303. The van der Waals surface area contributed by atoms with Crippen LogP contribution in [-0.4, -0.2) is 17.1 Å². The van der Waals surface area contributed by atoms with Gasteiger partial charge in [-0.25, -0.2) is 9.59 Å². The van der Waals surface area contributed by atoms with Crippen molar-refractivity contribution in [1.29, 1.82) is 0 Å². The largest absolute Gasteiger partial charge is 0.386 e. The molecule has 68 valence electrons. The van der Waals surface area contributed by atoms with Gasteiger partial charge in [0.2, 0.25) is 0 Å². The number of benzene rings is 1. The summed E-state index contributed by atoms with van der Waals surface area (Å²) in [5, 5.41) is 2.17. The van der Waals surface area contributed by atoms with Gasteiger partial charge >= 0.3 is 11.9 Å². The zero-order chi connectivity index (χ0) is 10.1. The third-order valence-electron chi connectivity index (χ3n) is 1.80. The van der Waals surface area contributed by atoms with Gasteiger partial charge in [0, 0.05) is 0 Å². The lowest BCUT2D eigenvalue weighted by Gasteiger charge is -1.92. The molecule has 0 unspecified atom stereocenters. The third kappa shape index (κ3) is 1.25. The number of ether oxygens (including phenoxy) is 1. The maximum absolute atomic E-state index is 11.1. The third-order valence-corrected chi connectivity index (χ3v) is 1.89. The molecule has 1 aromatic rings. The minimum absolute atomic E-state index is 0.224. The maximum atomic E-state index is 11.1. The van der Waals surface area contributed by atoms with Gasteiger partial charge in [0.1, 0.15) is 0 Å². The van der Waals surface area contributed by atoms with Crippen molar-refractivity contribution < 1.29 is 14.3 Å². The molecule has 0 aliphatic carbocycles. The second-order valence-electron chi connectivity index (χ2n) is 2.61. The Kier molecular flexibility index (Phi) is 1.96. The average molecular weight is 205 g/mol. The summed E-state index contributed by atoms with van der Waals surface area (Å²) < 4.78 is 4.40. The number of fused-ring (bicyclic) bond motifs is 1. The molecule has 1 aromatic carbocycles. The van der Waals surface area contributed by atoms with Gasteiger partial charge in [0.05, 0.1) is 22.0 Å². The lowest BCUT2D eigenvalue weighted by molar-refractivity contribution is 0.0444. The first-order valence-electron chi connectivity index (χ1n) is 3.71. The monoisotopic (exact) mass is 205 g/mol. The van der Waals surface area contributed by atoms with E-state index in [0.29, 0.717) is 5.69 Å². The van der Waals surface area contributed by atoms with Crippen molar-refractivity contribution in [2.45, 2.75) is 0 Å². The molecule has 0 spiro atoms. The van der Waals surface area contributed by atoms with Gasteiger partial charge in [-0.2, -0.15) is 4.99 Å². The van der Waals surface area contributed by atoms with Crippen LogP contribution < -0.4 is 0 Å². The van der Waals surface area contributed by atoms with E-state index < -0.39 is 11.9 Å². The number of nitrogens with zero attached hydrogens (tertiary/aromatic N) is 1. The Morgan fingerprint density at radius 2 is 1.93 bits per heavy atom. The van der Waals surface area contributed by atoms with E-state index in [9.17, 15) is 9.59 Å². The topological polar surface area (TPSA) is 55.7 Å². The van der Waals surface area contributed by atoms with Crippen LogP contribution in [0.15, 0.2) is 23.2 Å². The van der Waals surface area contributed by atoms with Gasteiger partial charge in [-0.15, -0.1) is 0 Å². The Bertz CT molecular complexity index is 489. The second kappa shape index (κ2) is 3.14. The highest BCUT2D eigenvalue weighted by molar-refractivity contribution is 7.78. The number of carbonyl (C=O) groups is 2. The Morgan fingerprint density at radius 3 is 2.64 bits per heavy atom. The van der Waals surface area contributed by atoms with Gasteiger partial charge < -0.3 is 4.74 Å². The van der Waals surface area contributed by atoms with Crippen LogP contribution in [0.2, 0.25) is 0 Å². The van der Waals surface area contributed by atoms with Crippen molar-refractivity contribution in [1.82, 2.24) is 0 Å². The van der Waals surface area contributed by atoms with Crippen molar-refractivity contribution in [3.05, 3.63) is 29.3 Å². The molecule has 5 heteroatoms. The number of aliphatic imine (C=N–C) groups is 1. The number of hydrogen-bond donors (Lipinski definition) is 0. The number of rotatable bonds is 1. The molecule has 0 saturated heterocycles. The average Bonchev–Trinajstić information content (AvgIpc) is 2.43. The fraction of sp³-hybridized carbons (Fsp3) is 0. The molecule has 1 heterocycles. The van der Waals surface area contributed by atoms with Gasteiger partial charge in [0.25, 0.3) is 0 Å². The molecule has 0 N–H and O–H groups in total. The zero-order valence-electron chi connectivity index (χ0n) is 6.81. The van der Waals surface area contributed by atoms with E-state index in [-0.39, 0.29) is 11.1 Å². The Balaban J connectivity index is 2.60. The summed E-state index contributed by atoms with van der Waals surface area (Å²) in [6.07, 6.45) is 0. The molecule has 0 saturated carbocycles. The van der Waals surface area contributed by atoms with E-state index in [2.05, 4.69) is 27.1 Å². The van der Waals surface area contributed by atoms with Crippen LogP contribution in [0.1, 0.15) is 20.7 Å². The number of esters is 2. The van der Waals surface area contributed by atoms with E-state index in [0.717, 1.165) is 0 Å². The molecule has 0 amide bonds. The number of isothiocyanates is 1. The van der Waals surface area contributed by atoms with Crippen molar-refractivity contribution in [3.63, 3.8) is 0 Å². The SMILES string of the molecule is O=C1OC(=O)c2cc(N=C=S)ccc21. The van der Waals surface area contributed by atoms with Crippen LogP contribution in [0.4, 0.5) is 5.69 Å². The van der Waals surface area contributed by atoms with Gasteiger partial charge in [-0.1, -0.05) is 0 Å². The van der Waals surface area contributed by atoms with Crippen molar-refractivity contribution >= 4 is 35.0 Å². The van der Waals surface area contributed by atoms with Crippen LogP contribution in [0.25, 0.3) is 0 Å². The van der Waals surface area contributed by atoms with Crippen LogP contribution in [0.3, 0.4) is 0 Å². The summed E-state index contributed by atoms with van der Waals surface area (Å²) >= 11 is 4.41. The smallest absolute Gasteiger partial charge is 0.346 e. The lowest BCUT2D eigenvalue weighted by Crippen LogP contribution is -1.96. The number of thiocarbonyl (C=S) groups is 1. The molecule has 0 bridgehead atoms. The zero-order valence-corrected chi connectivity index (χ0v) is 7.63. The van der Waals surface area contributed by atoms with Gasteiger partial charge in [-0.05, 0) is 30.4 Å². The van der Waals surface area contributed by atoms with Crippen LogP contribution in [0.5, 0.6) is 0 Å². The minimum atomic E-state index is -0.647. The normalized spacial score (nSPS) is 13.1. The predicted octanol–water partition coefficient (Wildman–Crippen LogP) is 1.73. The first kappa shape index (κ1) is 8.74. The predicted molar refractivity (Wildman–Crippen MR) is 50.9 cm³/mol. The van der Waals surface area contributed by atoms with E-state index >= 15 is 0 Å². The first-order chi connectivity index (χ1) is 6.72. The molecule has 0 atom stereocenters. The standard InChI is InChI=1S/C9H3NO3S/c11-8-6-2-1-5(10-4-14)3-7(6)9(12)13-8/h1-3H. The van der Waals surface area contributed by atoms with Gasteiger partial charge in [0.15, 0.2) is 0 Å². The van der Waals surface area contributed by atoms with Gasteiger partial charge in [-0.3, -0.25) is 0 Å². The molecular weight excluding hydrogens is 202 g/mol. The Labute approximate surface area is 84.2 Å². The van der Waals surface area contributed by atoms with Crippen LogP contribution in [-0.2, 0) is 4.74 Å². The molecule has 4 nitrogen and oxygen atoms in total. The number of cyclic esters (lactones) is 2. The molecule has 2 rings (SSSR count). The first-order valence-corrected chi connectivity index (χ1v) is 4.11. The number of hydrogen-bond acceptors (Lipinski definition) is 5. The molecule has 1 aliphatic rings. The maximum Gasteiger partial charge on any atom is 0.346 e. The fourth-order valence-corrected chi connectivity index (χ4v) is 1.30. The van der Waals surface area contributed by atoms with Crippen molar-refractivity contribution in [2.75, 3.05) is 0 Å². The Morgan fingerprint density at radius 1 is 1.21 bits per heavy atom. The highest BCUT2D eigenvalue weighted by atomic mass is 32.1. The molecule has 0 fully saturated rings. The summed E-state index contributed by atoms with van der Waals surface area (Å²) in [6, 6.07) is 4.49. The second-order valence-corrected chi connectivity index (χ2v) is 2.79. The molecule has 14 heavy (non-hydrogen) atoms. The summed E-state index contributed by atoms with van der Waals surface area (Å²) in [6.45, 7) is 0. The summed E-state index contributed by atoms with van der Waals surface area (Å²) in [4.78, 5) is 25.8. The highest BCUT2D eigenvalue weighted by Gasteiger charge is 2.29. The molecule has 0 aromatic heterocycles. The van der Waals surface area contributed by atoms with E-state index in [1.807, 2.05) is 0 Å². The Hall–Kier alpha value is -1.84. The van der Waals surface area contributed by atoms with Crippen LogP contribution >= 0.6 is 12.2 Å². The van der Waals surface area contributed by atoms with Crippen LogP contribution in [0, 0.1) is 0 Å². The highest BCUT2D eigenvalue weighted by Crippen LogP contribution is 2.24. The molecular formula is C9H3NO3S. The number of carbonyl (C=O) groups excluding carboxylic acids is 2. The van der Waals surface area contributed by atoms with Crippen molar-refractivity contribution in [2.24, 2.45) is 4.99 Å².